The topological polar surface area (TPSA) is 70.4 Å². The van der Waals surface area contributed by atoms with Gasteiger partial charge >= 0.3 is 6.18 Å². The first-order chi connectivity index (χ1) is 16.8. The molecule has 0 saturated heterocycles. The lowest BCUT2D eigenvalue weighted by Gasteiger charge is -2.13. The van der Waals surface area contributed by atoms with Crippen molar-refractivity contribution in [3.05, 3.63) is 71.6 Å². The van der Waals surface area contributed by atoms with Crippen LogP contribution in [0.5, 0.6) is 11.5 Å². The molecule has 0 amide bonds. The molecule has 4 aromatic rings. The fourth-order valence-corrected chi connectivity index (χ4v) is 3.60. The second-order valence-electron chi connectivity index (χ2n) is 7.47. The molecule has 0 radical (unpaired) electrons. The highest BCUT2D eigenvalue weighted by atomic mass is 35.5. The van der Waals surface area contributed by atoms with E-state index in [2.05, 4.69) is 15.3 Å². The summed E-state index contributed by atoms with van der Waals surface area (Å²) < 4.78 is 57.0. The summed E-state index contributed by atoms with van der Waals surface area (Å²) in [5.41, 5.74) is 1.37. The van der Waals surface area contributed by atoms with Crippen LogP contribution in [0.25, 0.3) is 11.0 Å². The Labute approximate surface area is 216 Å². The van der Waals surface area contributed by atoms with Crippen LogP contribution in [0.3, 0.4) is 0 Å². The van der Waals surface area contributed by atoms with Gasteiger partial charge in [-0.15, -0.1) is 12.4 Å². The van der Waals surface area contributed by atoms with Crippen molar-refractivity contribution in [1.29, 1.82) is 0 Å². The van der Waals surface area contributed by atoms with Gasteiger partial charge < -0.3 is 24.1 Å². The maximum absolute atomic E-state index is 13.0. The van der Waals surface area contributed by atoms with E-state index in [1.54, 1.807) is 25.3 Å². The molecular weight excluding hydrogens is 520 g/mol. The minimum absolute atomic E-state index is 0. The Morgan fingerprint density at radius 1 is 1.03 bits per heavy atom. The highest BCUT2D eigenvalue weighted by Gasteiger charge is 2.30. The number of benzene rings is 2. The fraction of sp³-hybridized carbons (Fsp3) is 0.250. The zero-order valence-electron chi connectivity index (χ0n) is 19.1. The summed E-state index contributed by atoms with van der Waals surface area (Å²) in [6.07, 6.45) is -1.10. The average molecular weight is 543 g/mol. The number of hydrogen-bond acceptors (Lipinski definition) is 6. The van der Waals surface area contributed by atoms with E-state index in [-0.39, 0.29) is 28.9 Å². The molecule has 0 aliphatic rings. The van der Waals surface area contributed by atoms with E-state index in [0.717, 1.165) is 23.2 Å². The van der Waals surface area contributed by atoms with Gasteiger partial charge in [0.15, 0.2) is 5.82 Å². The SMILES string of the molecule is COCCOCCn1ccc2ncnc(Nc3ccc(Oc4cccc(C(F)(F)F)c4)c(Cl)c3)c21.Cl. The largest absolute Gasteiger partial charge is 0.456 e. The van der Waals surface area contributed by atoms with E-state index in [4.69, 9.17) is 25.8 Å². The van der Waals surface area contributed by atoms with Crippen LogP contribution in [-0.2, 0) is 22.2 Å². The standard InChI is InChI=1S/C24H22ClF3N4O3.ClH/c1-33-11-12-34-10-9-32-8-7-20-22(32)23(30-15-29-20)31-17-5-6-21(19(25)14-17)35-18-4-2-3-16(13-18)24(26,27)28;/h2-8,13-15H,9-12H2,1H3,(H,29,30,31);1H. The zero-order valence-corrected chi connectivity index (χ0v) is 20.7. The first-order valence-corrected chi connectivity index (χ1v) is 11.0. The molecule has 0 unspecified atom stereocenters. The number of rotatable bonds is 10. The Balaban J connectivity index is 0.00000361. The Morgan fingerprint density at radius 2 is 1.86 bits per heavy atom. The number of fused-ring (bicyclic) bond motifs is 1. The Bertz CT molecular complexity index is 1300. The van der Waals surface area contributed by atoms with E-state index in [9.17, 15) is 13.2 Å². The molecule has 2 heterocycles. The quantitative estimate of drug-likeness (QED) is 0.224. The van der Waals surface area contributed by atoms with Crippen molar-refractivity contribution in [3.8, 4) is 11.5 Å². The molecule has 192 valence electrons. The van der Waals surface area contributed by atoms with E-state index in [1.165, 1.54) is 18.5 Å². The van der Waals surface area contributed by atoms with Gasteiger partial charge in [-0.1, -0.05) is 17.7 Å². The lowest BCUT2D eigenvalue weighted by atomic mass is 10.2. The molecule has 0 saturated carbocycles. The van der Waals surface area contributed by atoms with Crippen molar-refractivity contribution >= 4 is 46.5 Å². The number of aromatic nitrogens is 3. The minimum atomic E-state index is -4.46. The molecular formula is C24H23Cl2F3N4O3. The molecule has 0 aliphatic heterocycles. The monoisotopic (exact) mass is 542 g/mol. The third-order valence-electron chi connectivity index (χ3n) is 5.04. The van der Waals surface area contributed by atoms with Crippen LogP contribution < -0.4 is 10.1 Å². The molecule has 2 aromatic carbocycles. The minimum Gasteiger partial charge on any atom is -0.456 e. The van der Waals surface area contributed by atoms with Gasteiger partial charge in [0.1, 0.15) is 23.3 Å². The van der Waals surface area contributed by atoms with Gasteiger partial charge in [0, 0.05) is 25.5 Å². The maximum Gasteiger partial charge on any atom is 0.416 e. The van der Waals surface area contributed by atoms with E-state index >= 15 is 0 Å². The third-order valence-corrected chi connectivity index (χ3v) is 5.34. The molecule has 4 rings (SSSR count). The normalized spacial score (nSPS) is 11.4. The van der Waals surface area contributed by atoms with Crippen LogP contribution >= 0.6 is 24.0 Å². The molecule has 0 bridgehead atoms. The average Bonchev–Trinajstić information content (AvgIpc) is 3.24. The van der Waals surface area contributed by atoms with Crippen molar-refractivity contribution in [1.82, 2.24) is 14.5 Å². The highest BCUT2D eigenvalue weighted by molar-refractivity contribution is 6.32. The number of halogens is 5. The molecule has 7 nitrogen and oxygen atoms in total. The first kappa shape index (κ1) is 27.5. The summed E-state index contributed by atoms with van der Waals surface area (Å²) in [6.45, 7) is 2.12. The molecule has 0 fully saturated rings. The summed E-state index contributed by atoms with van der Waals surface area (Å²) >= 11 is 6.36. The molecule has 0 spiro atoms. The Hall–Kier alpha value is -3.05. The molecule has 0 aliphatic carbocycles. The Morgan fingerprint density at radius 3 is 2.61 bits per heavy atom. The number of methoxy groups -OCH3 is 1. The first-order valence-electron chi connectivity index (χ1n) is 10.6. The number of anilines is 2. The van der Waals surface area contributed by atoms with E-state index < -0.39 is 11.7 Å². The maximum atomic E-state index is 13.0. The van der Waals surface area contributed by atoms with Crippen LogP contribution in [0.1, 0.15) is 5.56 Å². The lowest BCUT2D eigenvalue weighted by Crippen LogP contribution is -2.09. The predicted octanol–water partition coefficient (Wildman–Crippen LogP) is 6.72. The number of nitrogens with one attached hydrogen (secondary N) is 1. The summed E-state index contributed by atoms with van der Waals surface area (Å²) in [5.74, 6) is 0.825. The van der Waals surface area contributed by atoms with E-state index in [0.29, 0.717) is 37.9 Å². The summed E-state index contributed by atoms with van der Waals surface area (Å²) in [7, 11) is 1.62. The van der Waals surface area contributed by atoms with Crippen LogP contribution in [0.4, 0.5) is 24.7 Å². The van der Waals surface area contributed by atoms with E-state index in [1.807, 2.05) is 16.8 Å². The highest BCUT2D eigenvalue weighted by Crippen LogP contribution is 2.36. The van der Waals surface area contributed by atoms with Crippen molar-refractivity contribution in [2.24, 2.45) is 0 Å². The summed E-state index contributed by atoms with van der Waals surface area (Å²) in [6, 6.07) is 11.4. The summed E-state index contributed by atoms with van der Waals surface area (Å²) in [4.78, 5) is 8.67. The molecule has 0 atom stereocenters. The molecule has 36 heavy (non-hydrogen) atoms. The Kier molecular flexibility index (Phi) is 9.38. The fourth-order valence-electron chi connectivity index (χ4n) is 3.38. The second kappa shape index (κ2) is 12.3. The van der Waals surface area contributed by atoms with Crippen LogP contribution in [-0.4, -0.2) is 41.5 Å². The number of ether oxygens (including phenoxy) is 3. The van der Waals surface area contributed by atoms with Crippen LogP contribution in [0.15, 0.2) is 61.1 Å². The number of hydrogen-bond donors (Lipinski definition) is 1. The zero-order chi connectivity index (χ0) is 24.8. The van der Waals surface area contributed by atoms with Crippen molar-refractivity contribution in [3.63, 3.8) is 0 Å². The lowest BCUT2D eigenvalue weighted by molar-refractivity contribution is -0.137. The van der Waals surface area contributed by atoms with Crippen molar-refractivity contribution < 1.29 is 27.4 Å². The molecule has 2 aromatic heterocycles. The van der Waals surface area contributed by atoms with Gasteiger partial charge in [0.25, 0.3) is 0 Å². The summed E-state index contributed by atoms with van der Waals surface area (Å²) in [5, 5.41) is 3.45. The van der Waals surface area contributed by atoms with Gasteiger partial charge in [0.05, 0.1) is 35.9 Å². The van der Waals surface area contributed by atoms with Crippen molar-refractivity contribution in [2.75, 3.05) is 32.2 Å². The van der Waals surface area contributed by atoms with Gasteiger partial charge in [-0.2, -0.15) is 13.2 Å². The van der Waals surface area contributed by atoms with Gasteiger partial charge in [-0.05, 0) is 42.5 Å². The third kappa shape index (κ3) is 6.79. The van der Waals surface area contributed by atoms with Crippen molar-refractivity contribution in [2.45, 2.75) is 12.7 Å². The number of alkyl halides is 3. The molecule has 1 N–H and O–H groups in total. The van der Waals surface area contributed by atoms with Gasteiger partial charge in [0.2, 0.25) is 0 Å². The number of nitrogens with zero attached hydrogens (tertiary/aromatic N) is 3. The van der Waals surface area contributed by atoms with Gasteiger partial charge in [-0.25, -0.2) is 9.97 Å². The second-order valence-corrected chi connectivity index (χ2v) is 7.88. The van der Waals surface area contributed by atoms with Crippen LogP contribution in [0, 0.1) is 0 Å². The molecule has 12 heteroatoms. The smallest absolute Gasteiger partial charge is 0.416 e. The van der Waals surface area contributed by atoms with Gasteiger partial charge in [-0.3, -0.25) is 0 Å². The van der Waals surface area contributed by atoms with Crippen LogP contribution in [0.2, 0.25) is 5.02 Å². The predicted molar refractivity (Wildman–Crippen MR) is 134 cm³/mol.